The minimum Gasteiger partial charge on any atom is -0.497 e. The summed E-state index contributed by atoms with van der Waals surface area (Å²) in [5.74, 6) is 1.78. The zero-order valence-electron chi connectivity index (χ0n) is 14.5. The lowest BCUT2D eigenvalue weighted by molar-refractivity contribution is 0.240. The molecule has 0 atom stereocenters. The SMILES string of the molecule is COc1cccc(CNC(=O)NCCc2ccc3c(n2)NCCC3)c1. The first-order valence-corrected chi connectivity index (χ1v) is 8.62. The van der Waals surface area contributed by atoms with Gasteiger partial charge in [0.2, 0.25) is 0 Å². The van der Waals surface area contributed by atoms with Gasteiger partial charge in [-0.05, 0) is 42.2 Å². The van der Waals surface area contributed by atoms with Crippen LogP contribution in [0.4, 0.5) is 10.6 Å². The van der Waals surface area contributed by atoms with Gasteiger partial charge in [-0.25, -0.2) is 9.78 Å². The molecule has 1 aromatic carbocycles. The van der Waals surface area contributed by atoms with E-state index >= 15 is 0 Å². The fourth-order valence-electron chi connectivity index (χ4n) is 2.84. The molecule has 0 radical (unpaired) electrons. The van der Waals surface area contributed by atoms with E-state index in [9.17, 15) is 4.79 Å². The quantitative estimate of drug-likeness (QED) is 0.755. The summed E-state index contributed by atoms with van der Waals surface area (Å²) in [6.45, 7) is 1.99. The van der Waals surface area contributed by atoms with Crippen LogP contribution in [0, 0.1) is 0 Å². The molecule has 1 aliphatic rings. The molecule has 0 spiro atoms. The number of aromatic nitrogens is 1. The maximum absolute atomic E-state index is 11.9. The van der Waals surface area contributed by atoms with Crippen molar-refractivity contribution in [2.75, 3.05) is 25.5 Å². The highest BCUT2D eigenvalue weighted by atomic mass is 16.5. The first-order valence-electron chi connectivity index (χ1n) is 8.62. The summed E-state index contributed by atoms with van der Waals surface area (Å²) in [5, 5.41) is 9.05. The minimum absolute atomic E-state index is 0.182. The first-order chi connectivity index (χ1) is 12.2. The van der Waals surface area contributed by atoms with Crippen molar-refractivity contribution in [1.29, 1.82) is 0 Å². The monoisotopic (exact) mass is 340 g/mol. The lowest BCUT2D eigenvalue weighted by atomic mass is 10.1. The Morgan fingerprint density at radius 2 is 2.20 bits per heavy atom. The van der Waals surface area contributed by atoms with E-state index in [1.165, 1.54) is 5.56 Å². The molecule has 0 fully saturated rings. The average Bonchev–Trinajstić information content (AvgIpc) is 2.66. The second-order valence-electron chi connectivity index (χ2n) is 6.05. The Hall–Kier alpha value is -2.76. The van der Waals surface area contributed by atoms with Crippen LogP contribution in [-0.2, 0) is 19.4 Å². The number of hydrogen-bond donors (Lipinski definition) is 3. The van der Waals surface area contributed by atoms with Gasteiger partial charge in [0, 0.05) is 31.7 Å². The van der Waals surface area contributed by atoms with Crippen molar-refractivity contribution < 1.29 is 9.53 Å². The van der Waals surface area contributed by atoms with Crippen molar-refractivity contribution in [2.45, 2.75) is 25.8 Å². The molecule has 1 aliphatic heterocycles. The smallest absolute Gasteiger partial charge is 0.315 e. The summed E-state index contributed by atoms with van der Waals surface area (Å²) in [7, 11) is 1.63. The van der Waals surface area contributed by atoms with Gasteiger partial charge < -0.3 is 20.7 Å². The van der Waals surface area contributed by atoms with Gasteiger partial charge in [-0.2, -0.15) is 0 Å². The number of benzene rings is 1. The van der Waals surface area contributed by atoms with E-state index in [1.807, 2.05) is 30.3 Å². The van der Waals surface area contributed by atoms with Crippen LogP contribution in [-0.4, -0.2) is 31.2 Å². The normalized spacial score (nSPS) is 12.7. The van der Waals surface area contributed by atoms with Crippen LogP contribution < -0.4 is 20.7 Å². The van der Waals surface area contributed by atoms with Crippen LogP contribution in [0.1, 0.15) is 23.2 Å². The van der Waals surface area contributed by atoms with Gasteiger partial charge in [0.1, 0.15) is 11.6 Å². The number of anilines is 1. The number of fused-ring (bicyclic) bond motifs is 1. The van der Waals surface area contributed by atoms with Crippen LogP contribution in [0.15, 0.2) is 36.4 Å². The van der Waals surface area contributed by atoms with Gasteiger partial charge in [-0.1, -0.05) is 18.2 Å². The van der Waals surface area contributed by atoms with Crippen LogP contribution >= 0.6 is 0 Å². The Morgan fingerprint density at radius 3 is 3.08 bits per heavy atom. The van der Waals surface area contributed by atoms with E-state index in [0.717, 1.165) is 42.2 Å². The highest BCUT2D eigenvalue weighted by Crippen LogP contribution is 2.19. The first kappa shape index (κ1) is 17.1. The van der Waals surface area contributed by atoms with Crippen LogP contribution in [0.2, 0.25) is 0 Å². The largest absolute Gasteiger partial charge is 0.497 e. The highest BCUT2D eigenvalue weighted by molar-refractivity contribution is 5.73. The number of rotatable bonds is 6. The Balaban J connectivity index is 1.42. The average molecular weight is 340 g/mol. The topological polar surface area (TPSA) is 75.3 Å². The number of urea groups is 1. The zero-order valence-corrected chi connectivity index (χ0v) is 14.5. The van der Waals surface area contributed by atoms with Crippen molar-refractivity contribution in [2.24, 2.45) is 0 Å². The van der Waals surface area contributed by atoms with Gasteiger partial charge in [0.05, 0.1) is 7.11 Å². The van der Waals surface area contributed by atoms with Crippen molar-refractivity contribution in [3.8, 4) is 5.75 Å². The van der Waals surface area contributed by atoms with Gasteiger partial charge in [-0.3, -0.25) is 0 Å². The van der Waals surface area contributed by atoms with Crippen molar-refractivity contribution in [3.05, 3.63) is 53.2 Å². The molecule has 2 amide bonds. The molecule has 3 N–H and O–H groups in total. The van der Waals surface area contributed by atoms with E-state index in [-0.39, 0.29) is 6.03 Å². The van der Waals surface area contributed by atoms with Gasteiger partial charge in [0.25, 0.3) is 0 Å². The molecule has 0 saturated heterocycles. The highest BCUT2D eigenvalue weighted by Gasteiger charge is 2.10. The van der Waals surface area contributed by atoms with Crippen molar-refractivity contribution in [1.82, 2.24) is 15.6 Å². The number of ether oxygens (including phenoxy) is 1. The fraction of sp³-hybridized carbons (Fsp3) is 0.368. The Labute approximate surface area is 148 Å². The molecular weight excluding hydrogens is 316 g/mol. The number of nitrogens with one attached hydrogen (secondary N) is 3. The van der Waals surface area contributed by atoms with Crippen LogP contribution in [0.25, 0.3) is 0 Å². The van der Waals surface area contributed by atoms with Crippen LogP contribution in [0.5, 0.6) is 5.75 Å². The number of aryl methyl sites for hydroxylation is 1. The maximum Gasteiger partial charge on any atom is 0.315 e. The molecule has 0 unspecified atom stereocenters. The summed E-state index contributed by atoms with van der Waals surface area (Å²) >= 11 is 0. The number of carbonyl (C=O) groups is 1. The maximum atomic E-state index is 11.9. The van der Waals surface area contributed by atoms with Crippen molar-refractivity contribution in [3.63, 3.8) is 0 Å². The van der Waals surface area contributed by atoms with Gasteiger partial charge in [0.15, 0.2) is 0 Å². The molecule has 0 aliphatic carbocycles. The molecule has 3 rings (SSSR count). The molecule has 25 heavy (non-hydrogen) atoms. The van der Waals surface area contributed by atoms with E-state index in [4.69, 9.17) is 4.74 Å². The standard InChI is InChI=1S/C19H24N4O2/c1-25-17-6-2-4-14(12-17)13-22-19(24)21-11-9-16-8-7-15-5-3-10-20-18(15)23-16/h2,4,6-8,12H,3,5,9-11,13H2,1H3,(H,20,23)(H2,21,22,24). The summed E-state index contributed by atoms with van der Waals surface area (Å²) in [5.41, 5.74) is 3.26. The predicted molar refractivity (Wildman–Crippen MR) is 98.0 cm³/mol. The molecule has 6 heteroatoms. The fourth-order valence-corrected chi connectivity index (χ4v) is 2.84. The Kier molecular flexibility index (Phi) is 5.72. The summed E-state index contributed by atoms with van der Waals surface area (Å²) in [6, 6.07) is 11.6. The lowest BCUT2D eigenvalue weighted by Crippen LogP contribution is -2.36. The van der Waals surface area contributed by atoms with E-state index in [2.05, 4.69) is 27.0 Å². The molecule has 132 valence electrons. The summed E-state index contributed by atoms with van der Waals surface area (Å²) < 4.78 is 5.17. The molecule has 0 bridgehead atoms. The molecule has 6 nitrogen and oxygen atoms in total. The predicted octanol–water partition coefficient (Wildman–Crippen LogP) is 2.49. The summed E-state index contributed by atoms with van der Waals surface area (Å²) in [6.07, 6.45) is 2.95. The number of pyridine rings is 1. The minimum atomic E-state index is -0.182. The number of hydrogen-bond acceptors (Lipinski definition) is 4. The van der Waals surface area contributed by atoms with E-state index in [1.54, 1.807) is 7.11 Å². The lowest BCUT2D eigenvalue weighted by Gasteiger charge is -2.17. The third-order valence-electron chi connectivity index (χ3n) is 4.21. The van der Waals surface area contributed by atoms with Crippen LogP contribution in [0.3, 0.4) is 0 Å². The Morgan fingerprint density at radius 1 is 1.28 bits per heavy atom. The van der Waals surface area contributed by atoms with Gasteiger partial charge >= 0.3 is 6.03 Å². The number of nitrogens with zero attached hydrogens (tertiary/aromatic N) is 1. The third-order valence-corrected chi connectivity index (χ3v) is 4.21. The second kappa shape index (κ2) is 8.37. The van der Waals surface area contributed by atoms with E-state index < -0.39 is 0 Å². The Bertz CT molecular complexity index is 733. The number of carbonyl (C=O) groups excluding carboxylic acids is 1. The third kappa shape index (κ3) is 4.86. The zero-order chi connectivity index (χ0) is 17.5. The molecule has 0 saturated carbocycles. The molecular formula is C19H24N4O2. The van der Waals surface area contributed by atoms with Crippen molar-refractivity contribution >= 4 is 11.8 Å². The number of amides is 2. The van der Waals surface area contributed by atoms with E-state index in [0.29, 0.717) is 19.5 Å². The summed E-state index contributed by atoms with van der Waals surface area (Å²) in [4.78, 5) is 16.5. The second-order valence-corrected chi connectivity index (χ2v) is 6.05. The molecule has 1 aromatic heterocycles. The number of methoxy groups -OCH3 is 1. The molecule has 2 heterocycles. The molecule has 2 aromatic rings. The van der Waals surface area contributed by atoms with Gasteiger partial charge in [-0.15, -0.1) is 0 Å².